The second-order valence-electron chi connectivity index (χ2n) is 9.20. The summed E-state index contributed by atoms with van der Waals surface area (Å²) in [5.41, 5.74) is 3.33. The average molecular weight is 733 g/mol. The number of carbonyl (C=O) groups is 5. The number of phenolic OH excluding ortho intramolecular Hbond substituents is 2. The fourth-order valence-corrected chi connectivity index (χ4v) is 3.91. The number of hydrogen-bond donors (Lipinski definition) is 2. The van der Waals surface area contributed by atoms with Crippen molar-refractivity contribution in [2.24, 2.45) is 0 Å². The predicted octanol–water partition coefficient (Wildman–Crippen LogP) is 9.90. The third-order valence-electron chi connectivity index (χ3n) is 5.83. The predicted molar refractivity (Wildman–Crippen MR) is 179 cm³/mol. The van der Waals surface area contributed by atoms with Crippen molar-refractivity contribution in [3.63, 3.8) is 0 Å². The molecule has 0 radical (unpaired) electrons. The first-order valence-corrected chi connectivity index (χ1v) is 14.7. The molecule has 4 aromatic carbocycles. The summed E-state index contributed by atoms with van der Waals surface area (Å²) in [5, 5.41) is 16.3. The van der Waals surface area contributed by atoms with Crippen molar-refractivity contribution < 1.29 is 34.2 Å². The molecule has 0 saturated carbocycles. The van der Waals surface area contributed by atoms with Crippen LogP contribution in [0.5, 0.6) is 11.5 Å². The number of rotatable bonds is 6. The van der Waals surface area contributed by atoms with Crippen molar-refractivity contribution in [2.75, 3.05) is 0 Å². The number of phenols is 2. The van der Waals surface area contributed by atoms with Crippen LogP contribution in [0, 0.1) is 0 Å². The highest BCUT2D eigenvalue weighted by Gasteiger charge is 2.22. The topological polar surface area (TPSA) is 126 Å². The minimum absolute atomic E-state index is 0.151. The molecule has 0 saturated heterocycles. The van der Waals surface area contributed by atoms with Gasteiger partial charge in [0.15, 0.2) is 0 Å². The second kappa shape index (κ2) is 19.2. The van der Waals surface area contributed by atoms with E-state index in [0.29, 0.717) is 11.1 Å². The van der Waals surface area contributed by atoms with Gasteiger partial charge in [-0.15, -0.1) is 0 Å². The summed E-state index contributed by atoms with van der Waals surface area (Å²) < 4.78 is -0.889. The molecule has 0 amide bonds. The molecule has 0 aliphatic carbocycles. The minimum Gasteiger partial charge on any atom is -0.508 e. The maximum absolute atomic E-state index is 10.6. The molecule has 0 unspecified atom stereocenters. The summed E-state index contributed by atoms with van der Waals surface area (Å²) in [5.74, 6) is 0.547. The largest absolute Gasteiger partial charge is 0.508 e. The van der Waals surface area contributed by atoms with Gasteiger partial charge in [-0.1, -0.05) is 56.3 Å². The van der Waals surface area contributed by atoms with E-state index in [0.717, 1.165) is 11.1 Å². The lowest BCUT2D eigenvalue weighted by molar-refractivity contribution is 0.107. The first-order chi connectivity index (χ1) is 20.9. The first-order valence-electron chi connectivity index (χ1n) is 12.4. The Labute approximate surface area is 289 Å². The van der Waals surface area contributed by atoms with E-state index in [2.05, 4.69) is 37.0 Å². The first kappa shape index (κ1) is 39.6. The molecule has 236 valence electrons. The molecule has 0 spiro atoms. The van der Waals surface area contributed by atoms with Crippen LogP contribution >= 0.6 is 69.6 Å². The Morgan fingerprint density at radius 1 is 0.467 bits per heavy atom. The smallest absolute Gasteiger partial charge is 0.313 e. The molecule has 0 aromatic heterocycles. The van der Waals surface area contributed by atoms with E-state index in [1.165, 1.54) is 42.5 Å². The van der Waals surface area contributed by atoms with Gasteiger partial charge in [-0.05, 0) is 135 Å². The number of benzene rings is 4. The third-order valence-corrected chi connectivity index (χ3v) is 6.71. The maximum Gasteiger partial charge on any atom is 0.313 e. The van der Waals surface area contributed by atoms with E-state index in [1.54, 1.807) is 30.3 Å². The fourth-order valence-electron chi connectivity index (χ4n) is 3.42. The van der Waals surface area contributed by atoms with Crippen LogP contribution in [-0.2, 0) is 5.41 Å². The number of carbonyl (C=O) groups excluding carboxylic acids is 5. The van der Waals surface area contributed by atoms with Crippen LogP contribution in [0.2, 0.25) is 0 Å². The van der Waals surface area contributed by atoms with E-state index in [4.69, 9.17) is 51.2 Å². The van der Waals surface area contributed by atoms with Crippen molar-refractivity contribution >= 4 is 95.3 Å². The molecule has 0 fully saturated rings. The van der Waals surface area contributed by atoms with Gasteiger partial charge in [-0.3, -0.25) is 24.0 Å². The molecular weight excluding hydrogens is 709 g/mol. The van der Waals surface area contributed by atoms with Crippen molar-refractivity contribution in [1.82, 2.24) is 0 Å². The highest BCUT2D eigenvalue weighted by atomic mass is 35.5. The summed E-state index contributed by atoms with van der Waals surface area (Å²) in [7, 11) is 0. The quantitative estimate of drug-likeness (QED) is 0.189. The Hall–Kier alpha value is -3.43. The van der Waals surface area contributed by atoms with Crippen LogP contribution in [0.1, 0.15) is 66.4 Å². The lowest BCUT2D eigenvalue weighted by atomic mass is 9.78. The van der Waals surface area contributed by atoms with E-state index >= 15 is 0 Å². The van der Waals surface area contributed by atoms with Gasteiger partial charge in [0.2, 0.25) is 0 Å². The maximum atomic E-state index is 10.6. The molecule has 7 nitrogen and oxygen atoms in total. The van der Waals surface area contributed by atoms with E-state index < -0.39 is 25.7 Å². The zero-order valence-corrected chi connectivity index (χ0v) is 28.0. The third kappa shape index (κ3) is 14.5. The Morgan fingerprint density at radius 3 is 0.978 bits per heavy atom. The van der Waals surface area contributed by atoms with Gasteiger partial charge >= 0.3 is 4.70 Å². The summed E-state index contributed by atoms with van der Waals surface area (Å²) in [4.78, 5) is 51.4. The number of halogens is 6. The molecule has 0 aliphatic rings. The van der Waals surface area contributed by atoms with Crippen molar-refractivity contribution in [3.8, 4) is 11.5 Å². The molecule has 4 aromatic rings. The van der Waals surface area contributed by atoms with Gasteiger partial charge in [0, 0.05) is 27.7 Å². The SMILES string of the molecule is CC(C)(c1ccc(O)cc1)c1ccc(O)cc1.O=C(Cl)Cl.O=C(Cl)c1ccc(C(=O)Cl)cc1.O=C(Cl)c1cccc(C(=O)Cl)c1. The molecule has 2 N–H and O–H groups in total. The Bertz CT molecular complexity index is 1510. The average Bonchev–Trinajstić information content (AvgIpc) is 2.98. The van der Waals surface area contributed by atoms with Gasteiger partial charge in [0.1, 0.15) is 11.5 Å². The molecule has 0 heterocycles. The van der Waals surface area contributed by atoms with Gasteiger partial charge < -0.3 is 10.2 Å². The Kier molecular flexibility index (Phi) is 16.9. The van der Waals surface area contributed by atoms with Crippen molar-refractivity contribution in [3.05, 3.63) is 130 Å². The highest BCUT2D eigenvalue weighted by Crippen LogP contribution is 2.32. The van der Waals surface area contributed by atoms with Crippen LogP contribution in [0.25, 0.3) is 0 Å². The molecular formula is C32H24Cl6O7. The standard InChI is InChI=1S/C15H16O2.2C8H4Cl2O2.CCl2O/c1-15(2,11-3-7-13(16)8-4-11)12-5-9-14(17)10-6-12;9-7(11)5-1-2-6(4-3-5)8(10)12;9-7(11)5-2-1-3-6(4-5)8(10)12;2-1(3)4/h3-10,16-17H,1-2H3;2*1-4H;. The zero-order valence-electron chi connectivity index (χ0n) is 23.4. The number of aromatic hydroxyl groups is 2. The summed E-state index contributed by atoms with van der Waals surface area (Å²) in [6, 6.07) is 26.2. The van der Waals surface area contributed by atoms with E-state index in [-0.39, 0.29) is 28.0 Å². The number of hydrogen-bond acceptors (Lipinski definition) is 7. The summed E-state index contributed by atoms with van der Waals surface area (Å²) in [6.45, 7) is 4.23. The van der Waals surface area contributed by atoms with Crippen molar-refractivity contribution in [1.29, 1.82) is 0 Å². The van der Waals surface area contributed by atoms with Crippen LogP contribution in [0.3, 0.4) is 0 Å². The molecule has 45 heavy (non-hydrogen) atoms. The van der Waals surface area contributed by atoms with Crippen molar-refractivity contribution in [2.45, 2.75) is 19.3 Å². The summed E-state index contributed by atoms with van der Waals surface area (Å²) in [6.07, 6.45) is 0. The normalized spacial score (nSPS) is 9.96. The zero-order chi connectivity index (χ0) is 34.3. The van der Waals surface area contributed by atoms with Crippen LogP contribution < -0.4 is 0 Å². The lowest BCUT2D eigenvalue weighted by Crippen LogP contribution is -2.18. The van der Waals surface area contributed by atoms with E-state index in [9.17, 15) is 29.4 Å². The second-order valence-corrected chi connectivity index (χ2v) is 11.5. The van der Waals surface area contributed by atoms with Gasteiger partial charge in [-0.2, -0.15) is 0 Å². The minimum atomic E-state index is -0.889. The molecule has 0 aliphatic heterocycles. The summed E-state index contributed by atoms with van der Waals surface area (Å²) >= 11 is 29.5. The molecule has 4 rings (SSSR count). The molecule has 13 heteroatoms. The Morgan fingerprint density at radius 2 is 0.733 bits per heavy atom. The highest BCUT2D eigenvalue weighted by molar-refractivity contribution is 6.93. The Balaban J connectivity index is 0.000000325. The van der Waals surface area contributed by atoms with Gasteiger partial charge in [0.05, 0.1) is 0 Å². The lowest BCUT2D eigenvalue weighted by Gasteiger charge is -2.26. The van der Waals surface area contributed by atoms with Crippen LogP contribution in [0.15, 0.2) is 97.1 Å². The molecule has 0 atom stereocenters. The molecule has 0 bridgehead atoms. The monoisotopic (exact) mass is 730 g/mol. The fraction of sp³-hybridized carbons (Fsp3) is 0.0938. The van der Waals surface area contributed by atoms with Gasteiger partial charge in [0.25, 0.3) is 21.0 Å². The van der Waals surface area contributed by atoms with Crippen LogP contribution in [-0.4, -0.2) is 35.9 Å². The van der Waals surface area contributed by atoms with E-state index in [1.807, 2.05) is 24.3 Å². The van der Waals surface area contributed by atoms with Gasteiger partial charge in [-0.25, -0.2) is 0 Å². The van der Waals surface area contributed by atoms with Crippen LogP contribution in [0.4, 0.5) is 4.79 Å².